The van der Waals surface area contributed by atoms with Crippen molar-refractivity contribution >= 4 is 5.91 Å². The van der Waals surface area contributed by atoms with Crippen molar-refractivity contribution in [1.82, 2.24) is 5.32 Å². The van der Waals surface area contributed by atoms with Crippen LogP contribution < -0.4 is 5.32 Å². The lowest BCUT2D eigenvalue weighted by Crippen LogP contribution is -2.33. The summed E-state index contributed by atoms with van der Waals surface area (Å²) in [5.74, 6) is -0.210. The average molecular weight is 285 g/mol. The van der Waals surface area contributed by atoms with Crippen LogP contribution in [0.3, 0.4) is 0 Å². The number of benzene rings is 2. The Bertz CT molecular complexity index is 598. The van der Waals surface area contributed by atoms with Gasteiger partial charge in [-0.05, 0) is 37.1 Å². The molecule has 0 saturated carbocycles. The van der Waals surface area contributed by atoms with Crippen molar-refractivity contribution in [3.05, 3.63) is 65.7 Å². The lowest BCUT2D eigenvalue weighted by Gasteiger charge is -2.18. The maximum Gasteiger partial charge on any atom is 0.251 e. The Kier molecular flexibility index (Phi) is 4.95. The number of hydrogen-bond acceptors (Lipinski definition) is 3. The molecule has 2 aromatic rings. The van der Waals surface area contributed by atoms with Gasteiger partial charge < -0.3 is 15.5 Å². The highest BCUT2D eigenvalue weighted by atomic mass is 16.3. The average Bonchev–Trinajstić information content (AvgIpc) is 2.48. The molecule has 110 valence electrons. The van der Waals surface area contributed by atoms with Crippen LogP contribution in [-0.2, 0) is 0 Å². The summed E-state index contributed by atoms with van der Waals surface area (Å²) >= 11 is 0. The van der Waals surface area contributed by atoms with E-state index < -0.39 is 6.10 Å². The van der Waals surface area contributed by atoms with E-state index in [9.17, 15) is 15.0 Å². The predicted molar refractivity (Wildman–Crippen MR) is 81.1 cm³/mol. The molecule has 0 bridgehead atoms. The Balaban J connectivity index is 1.92. The van der Waals surface area contributed by atoms with Gasteiger partial charge in [0.15, 0.2) is 0 Å². The maximum atomic E-state index is 12.0. The first-order valence-electron chi connectivity index (χ1n) is 6.89. The van der Waals surface area contributed by atoms with Crippen LogP contribution in [0.15, 0.2) is 54.6 Å². The van der Waals surface area contributed by atoms with E-state index in [0.29, 0.717) is 12.0 Å². The number of amides is 1. The van der Waals surface area contributed by atoms with Crippen LogP contribution in [0.2, 0.25) is 0 Å². The molecule has 0 aliphatic heterocycles. The number of rotatable bonds is 5. The second-order valence-corrected chi connectivity index (χ2v) is 5.09. The SMILES string of the molecule is CC(CC(O)c1ccccc1)NC(=O)c1cccc(O)c1. The highest BCUT2D eigenvalue weighted by Crippen LogP contribution is 2.18. The third-order valence-electron chi connectivity index (χ3n) is 3.25. The summed E-state index contributed by atoms with van der Waals surface area (Å²) in [7, 11) is 0. The molecule has 0 saturated heterocycles. The number of carbonyl (C=O) groups is 1. The zero-order valence-electron chi connectivity index (χ0n) is 11.9. The molecule has 0 fully saturated rings. The Morgan fingerprint density at radius 3 is 2.52 bits per heavy atom. The fourth-order valence-electron chi connectivity index (χ4n) is 2.16. The first-order chi connectivity index (χ1) is 10.1. The van der Waals surface area contributed by atoms with E-state index in [1.165, 1.54) is 12.1 Å². The first-order valence-corrected chi connectivity index (χ1v) is 6.89. The standard InChI is InChI=1S/C17H19NO3/c1-12(10-16(20)13-6-3-2-4-7-13)18-17(21)14-8-5-9-15(19)11-14/h2-9,11-12,16,19-20H,10H2,1H3,(H,18,21). The Morgan fingerprint density at radius 1 is 1.14 bits per heavy atom. The van der Waals surface area contributed by atoms with E-state index in [1.807, 2.05) is 37.3 Å². The van der Waals surface area contributed by atoms with Gasteiger partial charge in [-0.25, -0.2) is 0 Å². The van der Waals surface area contributed by atoms with Gasteiger partial charge in [0.25, 0.3) is 5.91 Å². The zero-order valence-corrected chi connectivity index (χ0v) is 11.9. The third kappa shape index (κ3) is 4.33. The molecule has 0 aliphatic rings. The van der Waals surface area contributed by atoms with Gasteiger partial charge in [-0.1, -0.05) is 36.4 Å². The molecule has 2 rings (SSSR count). The number of hydrogen-bond donors (Lipinski definition) is 3. The number of carbonyl (C=O) groups excluding carboxylic acids is 1. The molecular weight excluding hydrogens is 266 g/mol. The van der Waals surface area contributed by atoms with Gasteiger partial charge in [0.05, 0.1) is 6.10 Å². The van der Waals surface area contributed by atoms with Crippen molar-refractivity contribution in [2.24, 2.45) is 0 Å². The van der Waals surface area contributed by atoms with Crippen LogP contribution >= 0.6 is 0 Å². The summed E-state index contributed by atoms with van der Waals surface area (Å²) in [5.41, 5.74) is 1.23. The molecule has 0 heterocycles. The molecule has 0 aliphatic carbocycles. The van der Waals surface area contributed by atoms with Crippen LogP contribution in [0.1, 0.15) is 35.4 Å². The van der Waals surface area contributed by atoms with Gasteiger partial charge in [0, 0.05) is 11.6 Å². The molecule has 21 heavy (non-hydrogen) atoms. The maximum absolute atomic E-state index is 12.0. The second-order valence-electron chi connectivity index (χ2n) is 5.09. The summed E-state index contributed by atoms with van der Waals surface area (Å²) in [5, 5.41) is 22.3. The van der Waals surface area contributed by atoms with Crippen LogP contribution in [0, 0.1) is 0 Å². The number of aliphatic hydroxyl groups excluding tert-OH is 1. The minimum Gasteiger partial charge on any atom is -0.508 e. The van der Waals surface area contributed by atoms with E-state index in [1.54, 1.807) is 12.1 Å². The number of phenols is 1. The molecular formula is C17H19NO3. The molecule has 1 amide bonds. The van der Waals surface area contributed by atoms with Crippen molar-refractivity contribution in [3.63, 3.8) is 0 Å². The predicted octanol–water partition coefficient (Wildman–Crippen LogP) is 2.63. The third-order valence-corrected chi connectivity index (χ3v) is 3.25. The number of aromatic hydroxyl groups is 1. The van der Waals surface area contributed by atoms with Crippen molar-refractivity contribution in [1.29, 1.82) is 0 Å². The zero-order chi connectivity index (χ0) is 15.2. The van der Waals surface area contributed by atoms with Crippen LogP contribution in [-0.4, -0.2) is 22.2 Å². The van der Waals surface area contributed by atoms with E-state index in [0.717, 1.165) is 5.56 Å². The van der Waals surface area contributed by atoms with Gasteiger partial charge in [-0.2, -0.15) is 0 Å². The quantitative estimate of drug-likeness (QED) is 0.791. The van der Waals surface area contributed by atoms with E-state index in [-0.39, 0.29) is 17.7 Å². The fourth-order valence-corrected chi connectivity index (χ4v) is 2.16. The van der Waals surface area contributed by atoms with Gasteiger partial charge in [0.2, 0.25) is 0 Å². The molecule has 0 spiro atoms. The van der Waals surface area contributed by atoms with Gasteiger partial charge in [-0.15, -0.1) is 0 Å². The van der Waals surface area contributed by atoms with E-state index in [4.69, 9.17) is 0 Å². The number of phenolic OH excluding ortho intramolecular Hbond substituents is 1. The lowest BCUT2D eigenvalue weighted by atomic mass is 10.0. The summed E-state index contributed by atoms with van der Waals surface area (Å²) < 4.78 is 0. The Labute approximate surface area is 124 Å². The second kappa shape index (κ2) is 6.90. The smallest absolute Gasteiger partial charge is 0.251 e. The number of nitrogens with one attached hydrogen (secondary N) is 1. The largest absolute Gasteiger partial charge is 0.508 e. The normalized spacial score (nSPS) is 13.4. The number of aliphatic hydroxyl groups is 1. The van der Waals surface area contributed by atoms with E-state index in [2.05, 4.69) is 5.32 Å². The Morgan fingerprint density at radius 2 is 1.86 bits per heavy atom. The highest BCUT2D eigenvalue weighted by molar-refractivity contribution is 5.94. The molecule has 3 N–H and O–H groups in total. The summed E-state index contributed by atoms with van der Waals surface area (Å²) in [6.07, 6.45) is -0.195. The van der Waals surface area contributed by atoms with Gasteiger partial charge in [0.1, 0.15) is 5.75 Å². The molecule has 4 heteroatoms. The highest BCUT2D eigenvalue weighted by Gasteiger charge is 2.15. The van der Waals surface area contributed by atoms with Crippen LogP contribution in [0.4, 0.5) is 0 Å². The first kappa shape index (κ1) is 15.1. The van der Waals surface area contributed by atoms with Crippen molar-refractivity contribution in [3.8, 4) is 5.75 Å². The van der Waals surface area contributed by atoms with Crippen molar-refractivity contribution < 1.29 is 15.0 Å². The fraction of sp³-hybridized carbons (Fsp3) is 0.235. The Hall–Kier alpha value is -2.33. The topological polar surface area (TPSA) is 69.6 Å². The van der Waals surface area contributed by atoms with Gasteiger partial charge in [-0.3, -0.25) is 4.79 Å². The van der Waals surface area contributed by atoms with Crippen molar-refractivity contribution in [2.75, 3.05) is 0 Å². The molecule has 2 aromatic carbocycles. The monoisotopic (exact) mass is 285 g/mol. The minimum absolute atomic E-state index is 0.0552. The molecule has 0 radical (unpaired) electrons. The minimum atomic E-state index is -0.620. The molecule has 4 nitrogen and oxygen atoms in total. The van der Waals surface area contributed by atoms with Gasteiger partial charge >= 0.3 is 0 Å². The molecule has 2 unspecified atom stereocenters. The summed E-state index contributed by atoms with van der Waals surface area (Å²) in [6.45, 7) is 1.84. The van der Waals surface area contributed by atoms with Crippen LogP contribution in [0.5, 0.6) is 5.75 Å². The lowest BCUT2D eigenvalue weighted by molar-refractivity contribution is 0.0916. The van der Waals surface area contributed by atoms with Crippen LogP contribution in [0.25, 0.3) is 0 Å². The van der Waals surface area contributed by atoms with E-state index >= 15 is 0 Å². The molecule has 0 aromatic heterocycles. The molecule has 2 atom stereocenters. The summed E-state index contributed by atoms with van der Waals surface area (Å²) in [4.78, 5) is 12.0. The van der Waals surface area contributed by atoms with Crippen molar-refractivity contribution in [2.45, 2.75) is 25.5 Å². The summed E-state index contributed by atoms with van der Waals surface area (Å²) in [6, 6.07) is 15.3.